The van der Waals surface area contributed by atoms with Crippen molar-refractivity contribution >= 4 is 10.0 Å². The van der Waals surface area contributed by atoms with E-state index in [2.05, 4.69) is 10.6 Å². The highest BCUT2D eigenvalue weighted by atomic mass is 32.2. The Morgan fingerprint density at radius 1 is 1.12 bits per heavy atom. The van der Waals surface area contributed by atoms with E-state index in [4.69, 9.17) is 0 Å². The summed E-state index contributed by atoms with van der Waals surface area (Å²) < 4.78 is 26.3. The molecule has 0 bridgehead atoms. The maximum Gasteiger partial charge on any atom is 0.220 e. The molecular formula is C11H23N3O2S. The van der Waals surface area contributed by atoms with Crippen molar-refractivity contribution in [2.24, 2.45) is 0 Å². The lowest BCUT2D eigenvalue weighted by Crippen LogP contribution is -2.52. The number of hydrogen-bond donors (Lipinski definition) is 2. The zero-order valence-corrected chi connectivity index (χ0v) is 11.5. The highest BCUT2D eigenvalue weighted by Gasteiger charge is 2.43. The third-order valence-corrected chi connectivity index (χ3v) is 6.42. The third kappa shape index (κ3) is 2.50. The summed E-state index contributed by atoms with van der Waals surface area (Å²) in [6.07, 6.45) is 1.85. The molecule has 0 aromatic heterocycles. The van der Waals surface area contributed by atoms with E-state index >= 15 is 0 Å². The van der Waals surface area contributed by atoms with Crippen LogP contribution in [0.5, 0.6) is 0 Å². The molecule has 0 unspecified atom stereocenters. The van der Waals surface area contributed by atoms with Crippen LogP contribution in [0.3, 0.4) is 0 Å². The molecule has 5 nitrogen and oxygen atoms in total. The van der Waals surface area contributed by atoms with Gasteiger partial charge in [0.05, 0.1) is 4.75 Å². The summed E-state index contributed by atoms with van der Waals surface area (Å²) in [7, 11) is -3.19. The molecule has 2 rings (SSSR count). The third-order valence-electron chi connectivity index (χ3n) is 3.78. The lowest BCUT2D eigenvalue weighted by molar-refractivity contribution is 0.264. The Morgan fingerprint density at radius 2 is 1.76 bits per heavy atom. The minimum atomic E-state index is -3.19. The number of hydrogen-bond acceptors (Lipinski definition) is 4. The van der Waals surface area contributed by atoms with Crippen molar-refractivity contribution in [2.75, 3.05) is 32.7 Å². The molecule has 2 aliphatic rings. The highest BCUT2D eigenvalue weighted by Crippen LogP contribution is 2.26. The van der Waals surface area contributed by atoms with Crippen molar-refractivity contribution in [3.05, 3.63) is 0 Å². The summed E-state index contributed by atoms with van der Waals surface area (Å²) in [6.45, 7) is 7.37. The SMILES string of the molecule is CC1(C)CNCCN(C2CCNCC2)S1(=O)=O. The smallest absolute Gasteiger partial charge is 0.220 e. The average molecular weight is 261 g/mol. The Balaban J connectivity index is 2.24. The van der Waals surface area contributed by atoms with Crippen LogP contribution in [0.15, 0.2) is 0 Å². The van der Waals surface area contributed by atoms with Crippen LogP contribution in [0.2, 0.25) is 0 Å². The van der Waals surface area contributed by atoms with Gasteiger partial charge < -0.3 is 10.6 Å². The number of nitrogens with zero attached hydrogens (tertiary/aromatic N) is 1. The first-order chi connectivity index (χ1) is 7.95. The van der Waals surface area contributed by atoms with Gasteiger partial charge in [-0.25, -0.2) is 8.42 Å². The molecule has 0 aromatic rings. The monoisotopic (exact) mass is 261 g/mol. The number of piperidine rings is 1. The largest absolute Gasteiger partial charge is 0.317 e. The molecule has 2 heterocycles. The first-order valence-electron chi connectivity index (χ1n) is 6.38. The lowest BCUT2D eigenvalue weighted by Gasteiger charge is -2.36. The van der Waals surface area contributed by atoms with E-state index in [9.17, 15) is 8.42 Å². The van der Waals surface area contributed by atoms with Crippen LogP contribution in [0.25, 0.3) is 0 Å². The normalized spacial score (nSPS) is 30.9. The number of sulfonamides is 1. The minimum Gasteiger partial charge on any atom is -0.317 e. The number of rotatable bonds is 1. The van der Waals surface area contributed by atoms with Crippen molar-refractivity contribution in [3.8, 4) is 0 Å². The predicted molar refractivity (Wildman–Crippen MR) is 68.5 cm³/mol. The molecule has 2 saturated heterocycles. The van der Waals surface area contributed by atoms with E-state index in [0.717, 1.165) is 32.5 Å². The summed E-state index contributed by atoms with van der Waals surface area (Å²) in [5.74, 6) is 0. The summed E-state index contributed by atoms with van der Waals surface area (Å²) in [6, 6.07) is 0.181. The topological polar surface area (TPSA) is 61.4 Å². The van der Waals surface area contributed by atoms with E-state index in [1.54, 1.807) is 4.31 Å². The summed E-state index contributed by atoms with van der Waals surface area (Å²) in [5.41, 5.74) is 0. The van der Waals surface area contributed by atoms with Crippen LogP contribution in [-0.2, 0) is 10.0 Å². The second-order valence-electron chi connectivity index (χ2n) is 5.53. The van der Waals surface area contributed by atoms with Crippen LogP contribution in [0.4, 0.5) is 0 Å². The molecule has 0 spiro atoms. The van der Waals surface area contributed by atoms with Crippen molar-refractivity contribution in [1.29, 1.82) is 0 Å². The zero-order valence-electron chi connectivity index (χ0n) is 10.7. The molecule has 0 saturated carbocycles. The van der Waals surface area contributed by atoms with E-state index < -0.39 is 14.8 Å². The summed E-state index contributed by atoms with van der Waals surface area (Å²) in [4.78, 5) is 0. The Morgan fingerprint density at radius 3 is 2.41 bits per heavy atom. The van der Waals surface area contributed by atoms with Gasteiger partial charge in [-0.15, -0.1) is 0 Å². The van der Waals surface area contributed by atoms with Gasteiger partial charge in [0.1, 0.15) is 0 Å². The molecule has 0 aromatic carbocycles. The highest BCUT2D eigenvalue weighted by molar-refractivity contribution is 7.90. The molecule has 2 aliphatic heterocycles. The molecular weight excluding hydrogens is 238 g/mol. The van der Waals surface area contributed by atoms with Gasteiger partial charge in [-0.3, -0.25) is 0 Å². The molecule has 0 aliphatic carbocycles. The van der Waals surface area contributed by atoms with E-state index in [1.165, 1.54) is 0 Å². The Labute approximate surface area is 104 Å². The fourth-order valence-electron chi connectivity index (χ4n) is 2.58. The minimum absolute atomic E-state index is 0.181. The first-order valence-corrected chi connectivity index (χ1v) is 7.82. The molecule has 17 heavy (non-hydrogen) atoms. The molecule has 0 amide bonds. The van der Waals surface area contributed by atoms with Crippen molar-refractivity contribution in [3.63, 3.8) is 0 Å². The van der Waals surface area contributed by atoms with E-state index in [0.29, 0.717) is 13.1 Å². The molecule has 2 fully saturated rings. The van der Waals surface area contributed by atoms with Crippen LogP contribution < -0.4 is 10.6 Å². The van der Waals surface area contributed by atoms with Gasteiger partial charge in [0, 0.05) is 25.7 Å². The van der Waals surface area contributed by atoms with Crippen molar-refractivity contribution < 1.29 is 8.42 Å². The van der Waals surface area contributed by atoms with Gasteiger partial charge in [0.2, 0.25) is 10.0 Å². The van der Waals surface area contributed by atoms with Crippen molar-refractivity contribution in [1.82, 2.24) is 14.9 Å². The maximum absolute atomic E-state index is 12.6. The van der Waals surface area contributed by atoms with Gasteiger partial charge in [0.25, 0.3) is 0 Å². The summed E-state index contributed by atoms with van der Waals surface area (Å²) >= 11 is 0. The van der Waals surface area contributed by atoms with Crippen LogP contribution in [-0.4, -0.2) is 56.2 Å². The predicted octanol–water partition coefficient (Wildman–Crippen LogP) is -0.248. The molecule has 6 heteroatoms. The van der Waals surface area contributed by atoms with Gasteiger partial charge in [-0.2, -0.15) is 4.31 Å². The Bertz CT molecular complexity index is 361. The summed E-state index contributed by atoms with van der Waals surface area (Å²) in [5, 5.41) is 6.51. The van der Waals surface area contributed by atoms with E-state index in [-0.39, 0.29) is 6.04 Å². The maximum atomic E-state index is 12.6. The Hall–Kier alpha value is -0.170. The average Bonchev–Trinajstić information content (AvgIpc) is 2.38. The van der Waals surface area contributed by atoms with Gasteiger partial charge in [-0.05, 0) is 39.8 Å². The zero-order chi connectivity index (χ0) is 12.5. The van der Waals surface area contributed by atoms with Crippen molar-refractivity contribution in [2.45, 2.75) is 37.5 Å². The van der Waals surface area contributed by atoms with Gasteiger partial charge >= 0.3 is 0 Å². The second-order valence-corrected chi connectivity index (χ2v) is 8.06. The standard InChI is InChI=1S/C11H23N3O2S/c1-11(2)9-13-7-8-14(17(11,15)16)10-3-5-12-6-4-10/h10,12-13H,3-9H2,1-2H3. The van der Waals surface area contributed by atoms with Gasteiger partial charge in [0.15, 0.2) is 0 Å². The fourth-order valence-corrected chi connectivity index (χ4v) is 4.44. The molecule has 2 N–H and O–H groups in total. The molecule has 0 atom stereocenters. The van der Waals surface area contributed by atoms with Crippen LogP contribution >= 0.6 is 0 Å². The number of nitrogens with one attached hydrogen (secondary N) is 2. The second kappa shape index (κ2) is 4.84. The van der Waals surface area contributed by atoms with Gasteiger partial charge in [-0.1, -0.05) is 0 Å². The van der Waals surface area contributed by atoms with E-state index in [1.807, 2.05) is 13.8 Å². The van der Waals surface area contributed by atoms with Crippen LogP contribution in [0.1, 0.15) is 26.7 Å². The van der Waals surface area contributed by atoms with Crippen LogP contribution in [0, 0.1) is 0 Å². The fraction of sp³-hybridized carbons (Fsp3) is 1.00. The first kappa shape index (κ1) is 13.3. The molecule has 0 radical (unpaired) electrons. The molecule has 100 valence electrons. The quantitative estimate of drug-likeness (QED) is 0.683. The lowest BCUT2D eigenvalue weighted by atomic mass is 10.1. The Kier molecular flexibility index (Phi) is 3.77.